The second kappa shape index (κ2) is 6.22. The van der Waals surface area contributed by atoms with Crippen molar-refractivity contribution < 1.29 is 14.3 Å². The molecule has 0 radical (unpaired) electrons. The third kappa shape index (κ3) is 4.59. The molecule has 1 saturated heterocycles. The van der Waals surface area contributed by atoms with Crippen molar-refractivity contribution in [2.75, 3.05) is 13.1 Å². The van der Waals surface area contributed by atoms with Gasteiger partial charge in [0.1, 0.15) is 22.1 Å². The van der Waals surface area contributed by atoms with Crippen LogP contribution < -0.4 is 4.74 Å². The molecule has 6 heteroatoms. The van der Waals surface area contributed by atoms with Gasteiger partial charge in [0.2, 0.25) is 0 Å². The predicted molar refractivity (Wildman–Crippen MR) is 83.5 cm³/mol. The number of aryl methyl sites for hydroxylation is 1. The van der Waals surface area contributed by atoms with Gasteiger partial charge in [0, 0.05) is 13.0 Å². The molecule has 1 aliphatic heterocycles. The molecule has 1 fully saturated rings. The highest BCUT2D eigenvalue weighted by molar-refractivity contribution is 9.10. The van der Waals surface area contributed by atoms with Gasteiger partial charge in [-0.15, -0.1) is 0 Å². The van der Waals surface area contributed by atoms with Gasteiger partial charge in [0.25, 0.3) is 0 Å². The lowest BCUT2D eigenvalue weighted by molar-refractivity contribution is 0.0275. The minimum Gasteiger partial charge on any atom is -0.487 e. The Morgan fingerprint density at radius 1 is 1.43 bits per heavy atom. The van der Waals surface area contributed by atoms with Gasteiger partial charge < -0.3 is 14.4 Å². The molecule has 0 aromatic carbocycles. The number of pyridine rings is 1. The topological polar surface area (TPSA) is 51.7 Å². The van der Waals surface area contributed by atoms with Crippen LogP contribution in [0.1, 0.15) is 32.9 Å². The molecule has 1 amide bonds. The van der Waals surface area contributed by atoms with Crippen molar-refractivity contribution in [3.05, 3.63) is 22.4 Å². The molecular formula is C15H21BrN2O3. The molecule has 0 spiro atoms. The van der Waals surface area contributed by atoms with Gasteiger partial charge in [0.05, 0.1) is 12.2 Å². The Labute approximate surface area is 133 Å². The van der Waals surface area contributed by atoms with E-state index in [1.54, 1.807) is 4.90 Å². The first-order valence-electron chi connectivity index (χ1n) is 7.02. The Kier molecular flexibility index (Phi) is 4.76. The molecule has 1 aliphatic rings. The summed E-state index contributed by atoms with van der Waals surface area (Å²) in [7, 11) is 0. The van der Waals surface area contributed by atoms with Gasteiger partial charge in [-0.05, 0) is 55.8 Å². The molecule has 116 valence electrons. The van der Waals surface area contributed by atoms with Crippen LogP contribution in [-0.4, -0.2) is 40.8 Å². The number of hydrogen-bond donors (Lipinski definition) is 0. The normalized spacial score (nSPS) is 18.7. The maximum absolute atomic E-state index is 12.0. The summed E-state index contributed by atoms with van der Waals surface area (Å²) in [6.07, 6.45) is 0.507. The van der Waals surface area contributed by atoms with Crippen molar-refractivity contribution in [2.24, 2.45) is 0 Å². The molecular weight excluding hydrogens is 336 g/mol. The first-order valence-corrected chi connectivity index (χ1v) is 7.81. The highest BCUT2D eigenvalue weighted by Crippen LogP contribution is 2.23. The van der Waals surface area contributed by atoms with E-state index in [1.165, 1.54) is 0 Å². The fourth-order valence-corrected chi connectivity index (χ4v) is 2.54. The summed E-state index contributed by atoms with van der Waals surface area (Å²) < 4.78 is 12.1. The Bertz CT molecular complexity index is 528. The molecule has 2 rings (SSSR count). The highest BCUT2D eigenvalue weighted by Gasteiger charge is 2.31. The van der Waals surface area contributed by atoms with Crippen LogP contribution >= 0.6 is 15.9 Å². The quantitative estimate of drug-likeness (QED) is 0.760. The first-order chi connectivity index (χ1) is 9.74. The number of hydrogen-bond acceptors (Lipinski definition) is 4. The minimum atomic E-state index is -0.470. The number of likely N-dealkylation sites (tertiary alicyclic amines) is 1. The summed E-state index contributed by atoms with van der Waals surface area (Å²) in [5.74, 6) is 0.759. The minimum absolute atomic E-state index is 0.0146. The number of carbonyl (C=O) groups excluding carboxylic acids is 1. The van der Waals surface area contributed by atoms with Crippen LogP contribution in [0.3, 0.4) is 0 Å². The lowest BCUT2D eigenvalue weighted by Crippen LogP contribution is -2.36. The average molecular weight is 357 g/mol. The maximum atomic E-state index is 12.0. The molecule has 0 bridgehead atoms. The van der Waals surface area contributed by atoms with Gasteiger partial charge in [-0.25, -0.2) is 9.78 Å². The van der Waals surface area contributed by atoms with Crippen molar-refractivity contribution in [2.45, 2.75) is 45.8 Å². The third-order valence-electron chi connectivity index (χ3n) is 3.09. The second-order valence-electron chi connectivity index (χ2n) is 6.17. The van der Waals surface area contributed by atoms with Gasteiger partial charge >= 0.3 is 6.09 Å². The number of halogens is 1. The fourth-order valence-electron chi connectivity index (χ4n) is 2.14. The summed E-state index contributed by atoms with van der Waals surface area (Å²) in [6, 6.07) is 3.74. The van der Waals surface area contributed by atoms with E-state index >= 15 is 0 Å². The van der Waals surface area contributed by atoms with E-state index in [-0.39, 0.29) is 12.2 Å². The van der Waals surface area contributed by atoms with Crippen LogP contribution in [0.2, 0.25) is 0 Å². The van der Waals surface area contributed by atoms with Crippen LogP contribution in [0.4, 0.5) is 4.79 Å². The predicted octanol–water partition coefficient (Wildman–Crippen LogP) is 3.54. The zero-order chi connectivity index (χ0) is 15.6. The van der Waals surface area contributed by atoms with E-state index in [9.17, 15) is 4.79 Å². The number of amides is 1. The van der Waals surface area contributed by atoms with Crippen molar-refractivity contribution in [1.29, 1.82) is 0 Å². The van der Waals surface area contributed by atoms with Crippen LogP contribution in [0.15, 0.2) is 16.7 Å². The molecule has 5 nitrogen and oxygen atoms in total. The second-order valence-corrected chi connectivity index (χ2v) is 6.98. The summed E-state index contributed by atoms with van der Waals surface area (Å²) >= 11 is 3.33. The molecule has 1 unspecified atom stereocenters. The third-order valence-corrected chi connectivity index (χ3v) is 3.54. The van der Waals surface area contributed by atoms with Crippen molar-refractivity contribution in [3.8, 4) is 5.75 Å². The molecule has 2 heterocycles. The monoisotopic (exact) mass is 356 g/mol. The number of carbonyl (C=O) groups is 1. The highest BCUT2D eigenvalue weighted by atomic mass is 79.9. The lowest BCUT2D eigenvalue weighted by Gasteiger charge is -2.24. The molecule has 1 atom stereocenters. The van der Waals surface area contributed by atoms with E-state index in [0.717, 1.165) is 22.5 Å². The van der Waals surface area contributed by atoms with Gasteiger partial charge in [-0.2, -0.15) is 0 Å². The van der Waals surface area contributed by atoms with Gasteiger partial charge in [-0.1, -0.05) is 0 Å². The Morgan fingerprint density at radius 2 is 2.14 bits per heavy atom. The number of aromatic nitrogens is 1. The summed E-state index contributed by atoms with van der Waals surface area (Å²) in [6.45, 7) is 8.71. The van der Waals surface area contributed by atoms with Gasteiger partial charge in [0.15, 0.2) is 0 Å². The van der Waals surface area contributed by atoms with Gasteiger partial charge in [-0.3, -0.25) is 0 Å². The van der Waals surface area contributed by atoms with E-state index in [2.05, 4.69) is 20.9 Å². The summed E-state index contributed by atoms with van der Waals surface area (Å²) in [5.41, 5.74) is 0.363. The Hall–Kier alpha value is -1.30. The molecule has 0 aliphatic carbocycles. The fraction of sp³-hybridized carbons (Fsp3) is 0.600. The standard InChI is InChI=1S/C15H21BrN2O3/c1-10-12(5-6-13(16)17-10)20-11-7-8-18(9-11)14(19)21-15(2,3)4/h5-6,11H,7-9H2,1-4H3. The molecule has 21 heavy (non-hydrogen) atoms. The van der Waals surface area contributed by atoms with Crippen molar-refractivity contribution >= 4 is 22.0 Å². The molecule has 1 aromatic rings. The van der Waals surface area contributed by atoms with Crippen molar-refractivity contribution in [1.82, 2.24) is 9.88 Å². The van der Waals surface area contributed by atoms with E-state index < -0.39 is 5.60 Å². The Balaban J connectivity index is 1.92. The summed E-state index contributed by atoms with van der Waals surface area (Å²) in [5, 5.41) is 0. The van der Waals surface area contributed by atoms with E-state index in [1.807, 2.05) is 39.8 Å². The first kappa shape index (κ1) is 16.1. The molecule has 1 aromatic heterocycles. The molecule has 0 N–H and O–H groups in total. The van der Waals surface area contributed by atoms with Crippen LogP contribution in [-0.2, 0) is 4.74 Å². The zero-order valence-electron chi connectivity index (χ0n) is 12.9. The smallest absolute Gasteiger partial charge is 0.410 e. The zero-order valence-corrected chi connectivity index (χ0v) is 14.4. The van der Waals surface area contributed by atoms with Crippen LogP contribution in [0.25, 0.3) is 0 Å². The van der Waals surface area contributed by atoms with Crippen molar-refractivity contribution in [3.63, 3.8) is 0 Å². The lowest BCUT2D eigenvalue weighted by atomic mass is 10.2. The SMILES string of the molecule is Cc1nc(Br)ccc1OC1CCN(C(=O)OC(C)(C)C)C1. The summed E-state index contributed by atoms with van der Waals surface area (Å²) in [4.78, 5) is 18.0. The molecule has 0 saturated carbocycles. The number of nitrogens with zero attached hydrogens (tertiary/aromatic N) is 2. The average Bonchev–Trinajstić information content (AvgIpc) is 2.79. The maximum Gasteiger partial charge on any atom is 0.410 e. The van der Waals surface area contributed by atoms with Crippen LogP contribution in [0.5, 0.6) is 5.75 Å². The number of rotatable bonds is 2. The van der Waals surface area contributed by atoms with E-state index in [0.29, 0.717) is 13.1 Å². The number of ether oxygens (including phenoxy) is 2. The van der Waals surface area contributed by atoms with Crippen LogP contribution in [0, 0.1) is 6.92 Å². The van der Waals surface area contributed by atoms with E-state index in [4.69, 9.17) is 9.47 Å². The largest absolute Gasteiger partial charge is 0.487 e. The Morgan fingerprint density at radius 3 is 2.76 bits per heavy atom.